The number of β-amino-alcohol motifs (C(OH)–C–C–N with tert-alkyl or cyclic N) is 1. The highest BCUT2D eigenvalue weighted by Gasteiger charge is 2.24. The van der Waals surface area contributed by atoms with Crippen LogP contribution in [0, 0.1) is 0 Å². The van der Waals surface area contributed by atoms with Crippen LogP contribution in [0.4, 0.5) is 0 Å². The third-order valence-electron chi connectivity index (χ3n) is 3.54. The maximum atomic E-state index is 10.2. The maximum Gasteiger partial charge on any atom is 0.0793 e. The van der Waals surface area contributed by atoms with E-state index in [1.165, 1.54) is 11.5 Å². The molecule has 106 valence electrons. The SMILES string of the molecule is CC1CN(CC(O)CN2CCSCC2)CC(C)O1. The number of aliphatic hydroxyl groups excluding tert-OH is 1. The lowest BCUT2D eigenvalue weighted by Gasteiger charge is -2.37. The lowest BCUT2D eigenvalue weighted by molar-refractivity contribution is -0.0778. The molecule has 0 spiro atoms. The van der Waals surface area contributed by atoms with Gasteiger partial charge in [-0.05, 0) is 13.8 Å². The number of thioether (sulfide) groups is 1. The van der Waals surface area contributed by atoms with Crippen molar-refractivity contribution in [3.63, 3.8) is 0 Å². The molecule has 0 bridgehead atoms. The van der Waals surface area contributed by atoms with Crippen molar-refractivity contribution in [3.8, 4) is 0 Å². The van der Waals surface area contributed by atoms with Gasteiger partial charge in [-0.25, -0.2) is 0 Å². The van der Waals surface area contributed by atoms with Gasteiger partial charge in [0, 0.05) is 50.8 Å². The summed E-state index contributed by atoms with van der Waals surface area (Å²) in [5.74, 6) is 2.41. The number of hydrogen-bond donors (Lipinski definition) is 1. The highest BCUT2D eigenvalue weighted by molar-refractivity contribution is 7.99. The fourth-order valence-electron chi connectivity index (χ4n) is 2.87. The Morgan fingerprint density at radius 1 is 1.11 bits per heavy atom. The second-order valence-corrected chi connectivity index (χ2v) is 6.77. The molecule has 3 unspecified atom stereocenters. The van der Waals surface area contributed by atoms with E-state index in [0.717, 1.165) is 39.3 Å². The molecule has 5 heteroatoms. The molecule has 3 atom stereocenters. The topological polar surface area (TPSA) is 35.9 Å². The minimum Gasteiger partial charge on any atom is -0.390 e. The van der Waals surface area contributed by atoms with E-state index in [1.807, 2.05) is 11.8 Å². The third kappa shape index (κ3) is 4.70. The maximum absolute atomic E-state index is 10.2. The summed E-state index contributed by atoms with van der Waals surface area (Å²) in [6, 6.07) is 0. The zero-order valence-corrected chi connectivity index (χ0v) is 12.4. The Balaban J connectivity index is 1.70. The van der Waals surface area contributed by atoms with Gasteiger partial charge in [-0.2, -0.15) is 11.8 Å². The highest BCUT2D eigenvalue weighted by Crippen LogP contribution is 2.13. The Morgan fingerprint density at radius 3 is 2.28 bits per heavy atom. The fourth-order valence-corrected chi connectivity index (χ4v) is 3.85. The molecule has 2 rings (SSSR count). The highest BCUT2D eigenvalue weighted by atomic mass is 32.2. The fraction of sp³-hybridized carbons (Fsp3) is 1.00. The van der Waals surface area contributed by atoms with Crippen molar-refractivity contribution in [2.75, 3.05) is 50.8 Å². The molecule has 0 radical (unpaired) electrons. The van der Waals surface area contributed by atoms with Crippen molar-refractivity contribution in [1.29, 1.82) is 0 Å². The zero-order chi connectivity index (χ0) is 13.0. The monoisotopic (exact) mass is 274 g/mol. The molecule has 0 saturated carbocycles. The quantitative estimate of drug-likeness (QED) is 0.808. The van der Waals surface area contributed by atoms with Crippen LogP contribution in [-0.2, 0) is 4.74 Å². The van der Waals surface area contributed by atoms with E-state index in [-0.39, 0.29) is 18.3 Å². The Bertz CT molecular complexity index is 239. The second-order valence-electron chi connectivity index (χ2n) is 5.54. The molecular weight excluding hydrogens is 248 g/mol. The van der Waals surface area contributed by atoms with Crippen LogP contribution in [0.5, 0.6) is 0 Å². The van der Waals surface area contributed by atoms with E-state index >= 15 is 0 Å². The van der Waals surface area contributed by atoms with Crippen LogP contribution in [0.3, 0.4) is 0 Å². The van der Waals surface area contributed by atoms with Crippen LogP contribution in [0.1, 0.15) is 13.8 Å². The van der Waals surface area contributed by atoms with Crippen molar-refractivity contribution in [2.45, 2.75) is 32.2 Å². The van der Waals surface area contributed by atoms with Gasteiger partial charge >= 0.3 is 0 Å². The van der Waals surface area contributed by atoms with Gasteiger partial charge in [0.2, 0.25) is 0 Å². The van der Waals surface area contributed by atoms with Crippen molar-refractivity contribution < 1.29 is 9.84 Å². The van der Waals surface area contributed by atoms with Crippen LogP contribution in [0.25, 0.3) is 0 Å². The van der Waals surface area contributed by atoms with Gasteiger partial charge in [0.1, 0.15) is 0 Å². The molecule has 2 aliphatic rings. The molecule has 1 N–H and O–H groups in total. The summed E-state index contributed by atoms with van der Waals surface area (Å²) < 4.78 is 5.71. The smallest absolute Gasteiger partial charge is 0.0793 e. The molecule has 2 aliphatic heterocycles. The third-order valence-corrected chi connectivity index (χ3v) is 4.48. The molecule has 0 aromatic heterocycles. The summed E-state index contributed by atoms with van der Waals surface area (Å²) in [6.07, 6.45) is 0.338. The molecule has 0 aromatic rings. The molecule has 2 saturated heterocycles. The summed E-state index contributed by atoms with van der Waals surface area (Å²) in [7, 11) is 0. The molecule has 18 heavy (non-hydrogen) atoms. The van der Waals surface area contributed by atoms with E-state index in [0.29, 0.717) is 0 Å². The molecule has 2 heterocycles. The molecule has 0 aliphatic carbocycles. The van der Waals surface area contributed by atoms with Crippen LogP contribution in [0.15, 0.2) is 0 Å². The molecule has 4 nitrogen and oxygen atoms in total. The van der Waals surface area contributed by atoms with Crippen molar-refractivity contribution >= 4 is 11.8 Å². The lowest BCUT2D eigenvalue weighted by Crippen LogP contribution is -2.50. The summed E-state index contributed by atoms with van der Waals surface area (Å²) in [6.45, 7) is 9.94. The molecule has 0 amide bonds. The minimum absolute atomic E-state index is 0.231. The zero-order valence-electron chi connectivity index (χ0n) is 11.5. The van der Waals surface area contributed by atoms with Crippen LogP contribution >= 0.6 is 11.8 Å². The van der Waals surface area contributed by atoms with Gasteiger partial charge < -0.3 is 9.84 Å². The van der Waals surface area contributed by atoms with E-state index in [4.69, 9.17) is 4.74 Å². The van der Waals surface area contributed by atoms with Gasteiger partial charge in [0.25, 0.3) is 0 Å². The summed E-state index contributed by atoms with van der Waals surface area (Å²) in [4.78, 5) is 4.72. The normalized spacial score (nSPS) is 33.5. The molecule has 0 aromatic carbocycles. The van der Waals surface area contributed by atoms with E-state index in [1.54, 1.807) is 0 Å². The molecule has 2 fully saturated rings. The van der Waals surface area contributed by atoms with Crippen LogP contribution < -0.4 is 0 Å². The second kappa shape index (κ2) is 7.10. The standard InChI is InChI=1S/C13H26N2O2S/c1-11-7-15(8-12(2)17-11)10-13(16)9-14-3-5-18-6-4-14/h11-13,16H,3-10H2,1-2H3. The van der Waals surface area contributed by atoms with Gasteiger partial charge in [-0.3, -0.25) is 9.80 Å². The Hall–Kier alpha value is 0.190. The van der Waals surface area contributed by atoms with Gasteiger partial charge in [-0.1, -0.05) is 0 Å². The predicted octanol–water partition coefficient (Wildman–Crippen LogP) is 0.505. The van der Waals surface area contributed by atoms with E-state index < -0.39 is 0 Å². The van der Waals surface area contributed by atoms with Crippen LogP contribution in [-0.4, -0.2) is 84.0 Å². The minimum atomic E-state index is -0.231. The largest absolute Gasteiger partial charge is 0.390 e. The van der Waals surface area contributed by atoms with Crippen molar-refractivity contribution in [1.82, 2.24) is 9.80 Å². The van der Waals surface area contributed by atoms with Crippen molar-refractivity contribution in [3.05, 3.63) is 0 Å². The number of ether oxygens (including phenoxy) is 1. The Morgan fingerprint density at radius 2 is 1.67 bits per heavy atom. The predicted molar refractivity (Wildman–Crippen MR) is 76.2 cm³/mol. The first-order chi connectivity index (χ1) is 8.63. The average molecular weight is 274 g/mol. The lowest BCUT2D eigenvalue weighted by atomic mass is 10.2. The number of rotatable bonds is 4. The van der Waals surface area contributed by atoms with Crippen LogP contribution in [0.2, 0.25) is 0 Å². The number of morpholine rings is 1. The first-order valence-corrected chi connectivity index (χ1v) is 8.15. The average Bonchev–Trinajstić information content (AvgIpc) is 2.28. The Kier molecular flexibility index (Phi) is 5.76. The number of hydrogen-bond acceptors (Lipinski definition) is 5. The number of nitrogens with zero attached hydrogens (tertiary/aromatic N) is 2. The summed E-state index contributed by atoms with van der Waals surface area (Å²) in [5, 5.41) is 10.2. The van der Waals surface area contributed by atoms with Gasteiger partial charge in [0.05, 0.1) is 18.3 Å². The van der Waals surface area contributed by atoms with E-state index in [2.05, 4.69) is 23.6 Å². The summed E-state index contributed by atoms with van der Waals surface area (Å²) >= 11 is 2.01. The van der Waals surface area contributed by atoms with Crippen molar-refractivity contribution in [2.24, 2.45) is 0 Å². The van der Waals surface area contributed by atoms with E-state index in [9.17, 15) is 5.11 Å². The molecular formula is C13H26N2O2S. The van der Waals surface area contributed by atoms with Gasteiger partial charge in [0.15, 0.2) is 0 Å². The van der Waals surface area contributed by atoms with Gasteiger partial charge in [-0.15, -0.1) is 0 Å². The summed E-state index contributed by atoms with van der Waals surface area (Å²) in [5.41, 5.74) is 0. The number of aliphatic hydroxyl groups is 1. The first-order valence-electron chi connectivity index (χ1n) is 6.99. The first kappa shape index (κ1) is 14.6. The Labute approximate surface area is 115 Å².